The molecule has 3 rings (SSSR count). The van der Waals surface area contributed by atoms with Crippen LogP contribution in [0, 0.1) is 0 Å². The molecular weight excluding hydrogens is 276 g/mol. The van der Waals surface area contributed by atoms with Crippen molar-refractivity contribution in [2.24, 2.45) is 0 Å². The fourth-order valence-corrected chi connectivity index (χ4v) is 2.98. The SMILES string of the molecule is Clc1cccc(N2CCN(CC3COCCO3)CC2)c1. The van der Waals surface area contributed by atoms with E-state index >= 15 is 0 Å². The van der Waals surface area contributed by atoms with Crippen LogP contribution in [-0.4, -0.2) is 63.5 Å². The maximum absolute atomic E-state index is 6.05. The molecule has 2 saturated heterocycles. The molecule has 0 aliphatic carbocycles. The lowest BCUT2D eigenvalue weighted by atomic mass is 10.2. The van der Waals surface area contributed by atoms with E-state index in [1.807, 2.05) is 18.2 Å². The van der Waals surface area contributed by atoms with Crippen LogP contribution >= 0.6 is 11.6 Å². The number of hydrogen-bond donors (Lipinski definition) is 0. The van der Waals surface area contributed by atoms with Crippen molar-refractivity contribution in [1.82, 2.24) is 4.90 Å². The Labute approximate surface area is 125 Å². The van der Waals surface area contributed by atoms with Crippen LogP contribution in [-0.2, 0) is 9.47 Å². The molecule has 0 bridgehead atoms. The first-order valence-corrected chi connectivity index (χ1v) is 7.61. The van der Waals surface area contributed by atoms with Gasteiger partial charge in [0.1, 0.15) is 0 Å². The summed E-state index contributed by atoms with van der Waals surface area (Å²) in [4.78, 5) is 4.85. The second-order valence-corrected chi connectivity index (χ2v) is 5.77. The molecule has 1 atom stereocenters. The highest BCUT2D eigenvalue weighted by Gasteiger charge is 2.22. The molecule has 0 aromatic heterocycles. The summed E-state index contributed by atoms with van der Waals surface area (Å²) < 4.78 is 11.2. The predicted octanol–water partition coefficient (Wildman–Crippen LogP) is 1.88. The molecule has 2 aliphatic rings. The largest absolute Gasteiger partial charge is 0.376 e. The Bertz CT molecular complexity index is 430. The molecule has 110 valence electrons. The third-order valence-electron chi connectivity index (χ3n) is 3.89. The van der Waals surface area contributed by atoms with Gasteiger partial charge >= 0.3 is 0 Å². The fraction of sp³-hybridized carbons (Fsp3) is 0.600. The van der Waals surface area contributed by atoms with E-state index in [1.165, 1.54) is 5.69 Å². The minimum atomic E-state index is 0.237. The first-order valence-electron chi connectivity index (χ1n) is 7.23. The Morgan fingerprint density at radius 3 is 2.70 bits per heavy atom. The molecular formula is C15H21ClN2O2. The van der Waals surface area contributed by atoms with Gasteiger partial charge in [-0.25, -0.2) is 0 Å². The van der Waals surface area contributed by atoms with Gasteiger partial charge in [0.2, 0.25) is 0 Å². The van der Waals surface area contributed by atoms with E-state index in [-0.39, 0.29) is 6.10 Å². The van der Waals surface area contributed by atoms with Crippen LogP contribution < -0.4 is 4.90 Å². The zero-order valence-electron chi connectivity index (χ0n) is 11.6. The maximum atomic E-state index is 6.05. The van der Waals surface area contributed by atoms with Gasteiger partial charge in [0.15, 0.2) is 0 Å². The van der Waals surface area contributed by atoms with E-state index in [0.717, 1.165) is 57.6 Å². The van der Waals surface area contributed by atoms with Gasteiger partial charge in [0, 0.05) is 43.4 Å². The minimum absolute atomic E-state index is 0.237. The van der Waals surface area contributed by atoms with Crippen molar-refractivity contribution in [2.75, 3.05) is 57.4 Å². The average Bonchev–Trinajstić information content (AvgIpc) is 2.49. The van der Waals surface area contributed by atoms with Crippen LogP contribution in [0.2, 0.25) is 5.02 Å². The number of hydrogen-bond acceptors (Lipinski definition) is 4. The lowest BCUT2D eigenvalue weighted by Crippen LogP contribution is -2.50. The number of halogens is 1. The van der Waals surface area contributed by atoms with Gasteiger partial charge in [-0.1, -0.05) is 17.7 Å². The van der Waals surface area contributed by atoms with Crippen LogP contribution in [0.3, 0.4) is 0 Å². The van der Waals surface area contributed by atoms with E-state index in [9.17, 15) is 0 Å². The van der Waals surface area contributed by atoms with Gasteiger partial charge in [-0.05, 0) is 18.2 Å². The molecule has 4 nitrogen and oxygen atoms in total. The normalized spacial score (nSPS) is 24.9. The molecule has 1 aromatic rings. The van der Waals surface area contributed by atoms with Crippen LogP contribution in [0.1, 0.15) is 0 Å². The zero-order chi connectivity index (χ0) is 13.8. The Hall–Kier alpha value is -0.810. The second kappa shape index (κ2) is 6.76. The number of piperazine rings is 1. The molecule has 1 unspecified atom stereocenters. The molecule has 0 N–H and O–H groups in total. The van der Waals surface area contributed by atoms with Crippen LogP contribution in [0.5, 0.6) is 0 Å². The number of anilines is 1. The smallest absolute Gasteiger partial charge is 0.0936 e. The van der Waals surface area contributed by atoms with Gasteiger partial charge in [-0.15, -0.1) is 0 Å². The summed E-state index contributed by atoms with van der Waals surface area (Å²) in [7, 11) is 0. The van der Waals surface area contributed by atoms with Gasteiger partial charge in [0.25, 0.3) is 0 Å². The fourth-order valence-electron chi connectivity index (χ4n) is 2.79. The van der Waals surface area contributed by atoms with Gasteiger partial charge in [-0.2, -0.15) is 0 Å². The van der Waals surface area contributed by atoms with Crippen molar-refractivity contribution >= 4 is 17.3 Å². The first kappa shape index (κ1) is 14.1. The quantitative estimate of drug-likeness (QED) is 0.850. The topological polar surface area (TPSA) is 24.9 Å². The van der Waals surface area contributed by atoms with Crippen molar-refractivity contribution in [2.45, 2.75) is 6.10 Å². The Balaban J connectivity index is 1.49. The molecule has 0 spiro atoms. The Morgan fingerprint density at radius 2 is 2.00 bits per heavy atom. The van der Waals surface area contributed by atoms with E-state index < -0.39 is 0 Å². The van der Waals surface area contributed by atoms with Gasteiger partial charge in [0.05, 0.1) is 25.9 Å². The van der Waals surface area contributed by atoms with Gasteiger partial charge < -0.3 is 14.4 Å². The van der Waals surface area contributed by atoms with Crippen molar-refractivity contribution in [3.63, 3.8) is 0 Å². The summed E-state index contributed by atoms with van der Waals surface area (Å²) in [6.45, 7) is 7.37. The number of benzene rings is 1. The van der Waals surface area contributed by atoms with Crippen molar-refractivity contribution in [1.29, 1.82) is 0 Å². The molecule has 2 heterocycles. The molecule has 2 aliphatic heterocycles. The third-order valence-corrected chi connectivity index (χ3v) is 4.13. The number of ether oxygens (including phenoxy) is 2. The lowest BCUT2D eigenvalue weighted by molar-refractivity contribution is -0.0977. The standard InChI is InChI=1S/C15H21ClN2O2/c16-13-2-1-3-14(10-13)18-6-4-17(5-7-18)11-15-12-19-8-9-20-15/h1-3,10,15H,4-9,11-12H2. The number of rotatable bonds is 3. The zero-order valence-corrected chi connectivity index (χ0v) is 12.4. The van der Waals surface area contributed by atoms with E-state index in [0.29, 0.717) is 0 Å². The molecule has 20 heavy (non-hydrogen) atoms. The lowest BCUT2D eigenvalue weighted by Gasteiger charge is -2.38. The Morgan fingerprint density at radius 1 is 1.15 bits per heavy atom. The predicted molar refractivity (Wildman–Crippen MR) is 80.7 cm³/mol. The monoisotopic (exact) mass is 296 g/mol. The summed E-state index contributed by atoms with van der Waals surface area (Å²) in [5.74, 6) is 0. The van der Waals surface area contributed by atoms with E-state index in [1.54, 1.807) is 0 Å². The average molecular weight is 297 g/mol. The van der Waals surface area contributed by atoms with E-state index in [2.05, 4.69) is 15.9 Å². The van der Waals surface area contributed by atoms with Gasteiger partial charge in [-0.3, -0.25) is 4.90 Å². The molecule has 0 amide bonds. The second-order valence-electron chi connectivity index (χ2n) is 5.34. The summed E-state index contributed by atoms with van der Waals surface area (Å²) in [6, 6.07) is 8.09. The summed E-state index contributed by atoms with van der Waals surface area (Å²) in [5, 5.41) is 0.803. The molecule has 2 fully saturated rings. The Kier molecular flexibility index (Phi) is 4.78. The highest BCUT2D eigenvalue weighted by molar-refractivity contribution is 6.30. The highest BCUT2D eigenvalue weighted by atomic mass is 35.5. The number of nitrogens with zero attached hydrogens (tertiary/aromatic N) is 2. The van der Waals surface area contributed by atoms with Crippen molar-refractivity contribution in [3.05, 3.63) is 29.3 Å². The van der Waals surface area contributed by atoms with Crippen molar-refractivity contribution < 1.29 is 9.47 Å². The maximum Gasteiger partial charge on any atom is 0.0936 e. The van der Waals surface area contributed by atoms with E-state index in [4.69, 9.17) is 21.1 Å². The summed E-state index contributed by atoms with van der Waals surface area (Å²) in [6.07, 6.45) is 0.237. The van der Waals surface area contributed by atoms with Crippen LogP contribution in [0.4, 0.5) is 5.69 Å². The first-order chi connectivity index (χ1) is 9.81. The summed E-state index contributed by atoms with van der Waals surface area (Å²) in [5.41, 5.74) is 1.22. The third kappa shape index (κ3) is 3.64. The molecule has 1 aromatic carbocycles. The molecule has 0 radical (unpaired) electrons. The summed E-state index contributed by atoms with van der Waals surface area (Å²) >= 11 is 6.05. The highest BCUT2D eigenvalue weighted by Crippen LogP contribution is 2.21. The van der Waals surface area contributed by atoms with Crippen molar-refractivity contribution in [3.8, 4) is 0 Å². The molecule has 0 saturated carbocycles. The van der Waals surface area contributed by atoms with Crippen LogP contribution in [0.25, 0.3) is 0 Å². The molecule has 5 heteroatoms. The minimum Gasteiger partial charge on any atom is -0.376 e. The van der Waals surface area contributed by atoms with Crippen LogP contribution in [0.15, 0.2) is 24.3 Å².